The molecule has 1 aliphatic carbocycles. The Kier molecular flexibility index (Phi) is 4.72. The highest BCUT2D eigenvalue weighted by molar-refractivity contribution is 6.11. The van der Waals surface area contributed by atoms with Crippen LogP contribution in [0.3, 0.4) is 0 Å². The largest absolute Gasteiger partial charge is 0.356 e. The van der Waals surface area contributed by atoms with E-state index in [4.69, 9.17) is 0 Å². The van der Waals surface area contributed by atoms with Gasteiger partial charge in [-0.15, -0.1) is 0 Å². The zero-order valence-electron chi connectivity index (χ0n) is 16.1. The first kappa shape index (κ1) is 18.7. The predicted octanol–water partition coefficient (Wildman–Crippen LogP) is 1.93. The number of hydrogen-bond donors (Lipinski definition) is 2. The second-order valence-corrected chi connectivity index (χ2v) is 8.31. The molecule has 0 bridgehead atoms. The number of Topliss-reactive ketones (excluding diaryl/α,β-unsaturated/α-hetero) is 1. The quantitative estimate of drug-likeness (QED) is 0.610. The summed E-state index contributed by atoms with van der Waals surface area (Å²) >= 11 is 0. The SMILES string of the molecule is CC1CCC2(CC1)NC(=O)N(CC(=O)c1c[nH]c(C(=O)N3CCCC3)c1)C2=O. The first-order chi connectivity index (χ1) is 13.4. The minimum absolute atomic E-state index is 0.123. The summed E-state index contributed by atoms with van der Waals surface area (Å²) in [6, 6.07) is 1.01. The number of carbonyl (C=O) groups excluding carboxylic acids is 4. The van der Waals surface area contributed by atoms with Gasteiger partial charge in [0.05, 0.1) is 6.54 Å². The molecular weight excluding hydrogens is 360 g/mol. The summed E-state index contributed by atoms with van der Waals surface area (Å²) in [6.45, 7) is 3.29. The van der Waals surface area contributed by atoms with Gasteiger partial charge in [-0.3, -0.25) is 19.3 Å². The minimum atomic E-state index is -0.848. The Bertz CT molecular complexity index is 816. The summed E-state index contributed by atoms with van der Waals surface area (Å²) in [6.07, 6.45) is 6.45. The van der Waals surface area contributed by atoms with Crippen molar-refractivity contribution in [3.63, 3.8) is 0 Å². The molecular formula is C20H26N4O4. The Morgan fingerprint density at radius 3 is 2.54 bits per heavy atom. The van der Waals surface area contributed by atoms with Crippen molar-refractivity contribution in [1.29, 1.82) is 0 Å². The zero-order chi connectivity index (χ0) is 19.9. The number of aromatic amines is 1. The molecule has 28 heavy (non-hydrogen) atoms. The van der Waals surface area contributed by atoms with Gasteiger partial charge in [0.25, 0.3) is 11.8 Å². The van der Waals surface area contributed by atoms with Crippen molar-refractivity contribution in [2.45, 2.75) is 51.0 Å². The summed E-state index contributed by atoms with van der Waals surface area (Å²) in [5.41, 5.74) is -0.180. The van der Waals surface area contributed by atoms with E-state index in [1.807, 2.05) is 0 Å². The number of amides is 4. The lowest BCUT2D eigenvalue weighted by Crippen LogP contribution is -2.49. The van der Waals surface area contributed by atoms with Crippen LogP contribution in [0.15, 0.2) is 12.3 Å². The van der Waals surface area contributed by atoms with E-state index in [1.165, 1.54) is 12.3 Å². The third-order valence-electron chi connectivity index (χ3n) is 6.30. The van der Waals surface area contributed by atoms with Crippen LogP contribution in [0.2, 0.25) is 0 Å². The van der Waals surface area contributed by atoms with Gasteiger partial charge < -0.3 is 15.2 Å². The molecule has 2 saturated heterocycles. The number of H-pyrrole nitrogens is 1. The Morgan fingerprint density at radius 1 is 1.18 bits per heavy atom. The summed E-state index contributed by atoms with van der Waals surface area (Å²) in [5.74, 6) is -0.248. The smallest absolute Gasteiger partial charge is 0.325 e. The fraction of sp³-hybridized carbons (Fsp3) is 0.600. The van der Waals surface area contributed by atoms with Crippen LogP contribution in [0.5, 0.6) is 0 Å². The normalized spacial score (nSPS) is 27.5. The molecule has 4 amide bonds. The lowest BCUT2D eigenvalue weighted by molar-refractivity contribution is -0.132. The molecule has 0 unspecified atom stereocenters. The molecule has 4 rings (SSSR count). The number of urea groups is 1. The Hall–Kier alpha value is -2.64. The van der Waals surface area contributed by atoms with Gasteiger partial charge in [0.1, 0.15) is 11.2 Å². The second kappa shape index (κ2) is 7.07. The molecule has 3 fully saturated rings. The van der Waals surface area contributed by atoms with Crippen molar-refractivity contribution in [2.24, 2.45) is 5.92 Å². The molecule has 0 aromatic carbocycles. The van der Waals surface area contributed by atoms with Gasteiger partial charge in [-0.05, 0) is 50.5 Å². The number of nitrogens with zero attached hydrogens (tertiary/aromatic N) is 2. The number of imide groups is 1. The first-order valence-electron chi connectivity index (χ1n) is 10.0. The van der Waals surface area contributed by atoms with Gasteiger partial charge in [-0.1, -0.05) is 6.92 Å². The molecule has 3 aliphatic rings. The summed E-state index contributed by atoms with van der Waals surface area (Å²) in [5, 5.41) is 2.82. The van der Waals surface area contributed by atoms with Crippen molar-refractivity contribution < 1.29 is 19.2 Å². The number of ketones is 1. The molecule has 1 aromatic rings. The maximum absolute atomic E-state index is 12.9. The summed E-state index contributed by atoms with van der Waals surface area (Å²) in [7, 11) is 0. The van der Waals surface area contributed by atoms with Gasteiger partial charge in [0, 0.05) is 24.8 Å². The lowest BCUT2D eigenvalue weighted by atomic mass is 9.77. The minimum Gasteiger partial charge on any atom is -0.356 e. The average molecular weight is 386 g/mol. The molecule has 2 N–H and O–H groups in total. The van der Waals surface area contributed by atoms with E-state index in [1.54, 1.807) is 4.90 Å². The Balaban J connectivity index is 1.43. The maximum Gasteiger partial charge on any atom is 0.325 e. The molecule has 1 aromatic heterocycles. The zero-order valence-corrected chi connectivity index (χ0v) is 16.1. The van der Waals surface area contributed by atoms with Gasteiger partial charge >= 0.3 is 6.03 Å². The van der Waals surface area contributed by atoms with Crippen LogP contribution in [0.1, 0.15) is 66.3 Å². The number of likely N-dealkylation sites (tertiary alicyclic amines) is 1. The van der Waals surface area contributed by atoms with Crippen molar-refractivity contribution in [3.8, 4) is 0 Å². The molecule has 2 aliphatic heterocycles. The molecule has 0 atom stereocenters. The van der Waals surface area contributed by atoms with Gasteiger partial charge in [-0.25, -0.2) is 4.79 Å². The van der Waals surface area contributed by atoms with E-state index in [2.05, 4.69) is 17.2 Å². The number of aromatic nitrogens is 1. The van der Waals surface area contributed by atoms with E-state index in [0.29, 0.717) is 30.0 Å². The lowest BCUT2D eigenvalue weighted by Gasteiger charge is -2.33. The van der Waals surface area contributed by atoms with E-state index in [9.17, 15) is 19.2 Å². The van der Waals surface area contributed by atoms with Crippen LogP contribution in [0, 0.1) is 5.92 Å². The third-order valence-corrected chi connectivity index (χ3v) is 6.30. The van der Waals surface area contributed by atoms with Crippen LogP contribution >= 0.6 is 0 Å². The van der Waals surface area contributed by atoms with Gasteiger partial charge in [0.2, 0.25) is 0 Å². The standard InChI is InChI=1S/C20H26N4O4/c1-13-4-6-20(7-5-13)18(27)24(19(28)22-20)12-16(25)14-10-15(21-11-14)17(26)23-8-2-3-9-23/h10-11,13,21H,2-9,12H2,1H3,(H,22,28). The van der Waals surface area contributed by atoms with Crippen molar-refractivity contribution in [1.82, 2.24) is 20.1 Å². The second-order valence-electron chi connectivity index (χ2n) is 8.31. The number of rotatable bonds is 4. The van der Waals surface area contributed by atoms with Gasteiger partial charge in [0.15, 0.2) is 5.78 Å². The fourth-order valence-corrected chi connectivity index (χ4v) is 4.42. The average Bonchev–Trinajstić information content (AvgIpc) is 3.41. The van der Waals surface area contributed by atoms with E-state index >= 15 is 0 Å². The van der Waals surface area contributed by atoms with Gasteiger partial charge in [-0.2, -0.15) is 0 Å². The highest BCUT2D eigenvalue weighted by Gasteiger charge is 2.52. The van der Waals surface area contributed by atoms with Crippen molar-refractivity contribution in [2.75, 3.05) is 19.6 Å². The topological polar surface area (TPSA) is 103 Å². The van der Waals surface area contributed by atoms with Crippen LogP contribution in [-0.4, -0.2) is 63.6 Å². The molecule has 1 spiro atoms. The first-order valence-corrected chi connectivity index (χ1v) is 10.0. The van der Waals surface area contributed by atoms with Crippen molar-refractivity contribution in [3.05, 3.63) is 23.5 Å². The van der Waals surface area contributed by atoms with Crippen LogP contribution in [0.25, 0.3) is 0 Å². The molecule has 8 heteroatoms. The molecule has 8 nitrogen and oxygen atoms in total. The van der Waals surface area contributed by atoms with E-state index < -0.39 is 11.6 Å². The third kappa shape index (κ3) is 3.21. The highest BCUT2D eigenvalue weighted by atomic mass is 16.2. The Labute approximate surface area is 163 Å². The number of carbonyl (C=O) groups is 4. The monoisotopic (exact) mass is 386 g/mol. The van der Waals surface area contributed by atoms with Crippen LogP contribution < -0.4 is 5.32 Å². The maximum atomic E-state index is 12.9. The molecule has 1 saturated carbocycles. The van der Waals surface area contributed by atoms with Crippen molar-refractivity contribution >= 4 is 23.6 Å². The molecule has 3 heterocycles. The molecule has 150 valence electrons. The Morgan fingerprint density at radius 2 is 1.86 bits per heavy atom. The fourth-order valence-electron chi connectivity index (χ4n) is 4.42. The molecule has 0 radical (unpaired) electrons. The van der Waals surface area contributed by atoms with E-state index in [0.717, 1.165) is 43.7 Å². The number of hydrogen-bond acceptors (Lipinski definition) is 4. The number of nitrogens with one attached hydrogen (secondary N) is 2. The van der Waals surface area contributed by atoms with Crippen LogP contribution in [-0.2, 0) is 4.79 Å². The predicted molar refractivity (Wildman–Crippen MR) is 101 cm³/mol. The summed E-state index contributed by atoms with van der Waals surface area (Å²) < 4.78 is 0. The highest BCUT2D eigenvalue weighted by Crippen LogP contribution is 2.36. The van der Waals surface area contributed by atoms with Crippen LogP contribution in [0.4, 0.5) is 4.79 Å². The van der Waals surface area contributed by atoms with E-state index in [-0.39, 0.29) is 24.1 Å². The summed E-state index contributed by atoms with van der Waals surface area (Å²) in [4.78, 5) is 55.9.